The lowest BCUT2D eigenvalue weighted by Crippen LogP contribution is -2.13. The monoisotopic (exact) mass is 281 g/mol. The van der Waals surface area contributed by atoms with Crippen LogP contribution in [0.15, 0.2) is 24.3 Å². The fourth-order valence-electron chi connectivity index (χ4n) is 1.77. The summed E-state index contributed by atoms with van der Waals surface area (Å²) in [6.07, 6.45) is 2.13. The fourth-order valence-corrected chi connectivity index (χ4v) is 1.77. The predicted octanol–water partition coefficient (Wildman–Crippen LogP) is 3.94. The van der Waals surface area contributed by atoms with Crippen molar-refractivity contribution in [1.82, 2.24) is 0 Å². The Bertz CT molecular complexity index is 439. The van der Waals surface area contributed by atoms with Crippen molar-refractivity contribution < 1.29 is 19.2 Å². The predicted molar refractivity (Wildman–Crippen MR) is 73.8 cm³/mol. The molecule has 0 amide bonds. The molecule has 0 bridgehead atoms. The van der Waals surface area contributed by atoms with Gasteiger partial charge < -0.3 is 9.47 Å². The Labute approximate surface area is 117 Å². The molecule has 0 saturated carbocycles. The molecule has 0 unspecified atom stereocenters. The van der Waals surface area contributed by atoms with Gasteiger partial charge in [-0.1, -0.05) is 26.7 Å². The molecule has 0 aromatic heterocycles. The number of benzene rings is 1. The van der Waals surface area contributed by atoms with Crippen LogP contribution in [0, 0.1) is 16.0 Å². The molecule has 0 saturated heterocycles. The minimum atomic E-state index is -0.787. The molecule has 0 spiro atoms. The van der Waals surface area contributed by atoms with E-state index in [1.807, 2.05) is 0 Å². The Morgan fingerprint density at radius 3 is 2.35 bits per heavy atom. The van der Waals surface area contributed by atoms with Gasteiger partial charge in [-0.25, -0.2) is 4.79 Å². The molecule has 0 aliphatic heterocycles. The third kappa shape index (κ3) is 5.26. The van der Waals surface area contributed by atoms with Crippen molar-refractivity contribution in [2.24, 2.45) is 5.92 Å². The Hall–Kier alpha value is -2.11. The fraction of sp³-hybridized carbons (Fsp3) is 0.500. The van der Waals surface area contributed by atoms with Gasteiger partial charge in [0.1, 0.15) is 5.75 Å². The average Bonchev–Trinajstić information content (AvgIpc) is 2.44. The molecule has 0 aliphatic rings. The normalized spacial score (nSPS) is 10.3. The number of non-ortho nitro benzene ring substituents is 1. The third-order valence-electron chi connectivity index (χ3n) is 3.15. The number of carbonyl (C=O) groups is 1. The van der Waals surface area contributed by atoms with Gasteiger partial charge >= 0.3 is 6.16 Å². The van der Waals surface area contributed by atoms with Crippen LogP contribution in [0.4, 0.5) is 10.5 Å². The number of nitro benzene ring substituents is 1. The molecule has 0 radical (unpaired) electrons. The molecular weight excluding hydrogens is 262 g/mol. The summed E-state index contributed by atoms with van der Waals surface area (Å²) in [7, 11) is 0. The number of hydrogen-bond donors (Lipinski definition) is 0. The maximum atomic E-state index is 11.4. The van der Waals surface area contributed by atoms with Crippen molar-refractivity contribution in [3.8, 4) is 5.75 Å². The highest BCUT2D eigenvalue weighted by Crippen LogP contribution is 2.18. The number of nitrogens with zero attached hydrogens (tertiary/aromatic N) is 1. The Morgan fingerprint density at radius 2 is 1.85 bits per heavy atom. The van der Waals surface area contributed by atoms with E-state index in [0.29, 0.717) is 12.5 Å². The van der Waals surface area contributed by atoms with E-state index in [2.05, 4.69) is 13.8 Å². The van der Waals surface area contributed by atoms with E-state index in [1.165, 1.54) is 24.3 Å². The van der Waals surface area contributed by atoms with Crippen LogP contribution in [0.25, 0.3) is 0 Å². The second-order valence-corrected chi connectivity index (χ2v) is 4.42. The summed E-state index contributed by atoms with van der Waals surface area (Å²) in [4.78, 5) is 21.4. The van der Waals surface area contributed by atoms with E-state index in [9.17, 15) is 14.9 Å². The molecule has 0 atom stereocenters. The smallest absolute Gasteiger partial charge is 0.434 e. The van der Waals surface area contributed by atoms with Gasteiger partial charge in [0, 0.05) is 12.1 Å². The van der Waals surface area contributed by atoms with Crippen LogP contribution in [-0.4, -0.2) is 17.7 Å². The first-order valence-electron chi connectivity index (χ1n) is 6.65. The summed E-state index contributed by atoms with van der Waals surface area (Å²) in [6, 6.07) is 5.26. The quantitative estimate of drug-likeness (QED) is 0.327. The zero-order chi connectivity index (χ0) is 15.0. The van der Waals surface area contributed by atoms with E-state index >= 15 is 0 Å². The zero-order valence-electron chi connectivity index (χ0n) is 11.7. The molecule has 6 nitrogen and oxygen atoms in total. The van der Waals surface area contributed by atoms with Crippen LogP contribution >= 0.6 is 0 Å². The molecule has 20 heavy (non-hydrogen) atoms. The van der Waals surface area contributed by atoms with Gasteiger partial charge in [-0.3, -0.25) is 10.1 Å². The highest BCUT2D eigenvalue weighted by atomic mass is 16.7. The van der Waals surface area contributed by atoms with Crippen LogP contribution in [0.1, 0.15) is 33.1 Å². The number of hydrogen-bond acceptors (Lipinski definition) is 5. The Morgan fingerprint density at radius 1 is 1.25 bits per heavy atom. The lowest BCUT2D eigenvalue weighted by molar-refractivity contribution is -0.384. The van der Waals surface area contributed by atoms with Gasteiger partial charge in [-0.15, -0.1) is 0 Å². The second kappa shape index (κ2) is 8.14. The number of nitro groups is 1. The molecule has 1 rings (SSSR count). The SMILES string of the molecule is CCC(CC)CCOC(=O)Oc1ccc([N+](=O)[O-])cc1. The van der Waals surface area contributed by atoms with E-state index < -0.39 is 11.1 Å². The topological polar surface area (TPSA) is 78.7 Å². The summed E-state index contributed by atoms with van der Waals surface area (Å²) < 4.78 is 9.88. The van der Waals surface area contributed by atoms with Crippen LogP contribution in [-0.2, 0) is 4.74 Å². The minimum absolute atomic E-state index is 0.0561. The van der Waals surface area contributed by atoms with Crippen LogP contribution in [0.3, 0.4) is 0 Å². The van der Waals surface area contributed by atoms with Gasteiger partial charge in [0.05, 0.1) is 11.5 Å². The summed E-state index contributed by atoms with van der Waals surface area (Å²) in [5, 5.41) is 10.5. The minimum Gasteiger partial charge on any atom is -0.434 e. The highest BCUT2D eigenvalue weighted by molar-refractivity contribution is 5.63. The first-order chi connectivity index (χ1) is 9.56. The third-order valence-corrected chi connectivity index (χ3v) is 3.15. The van der Waals surface area contributed by atoms with Crippen molar-refractivity contribution in [2.75, 3.05) is 6.61 Å². The van der Waals surface area contributed by atoms with Gasteiger partial charge in [0.2, 0.25) is 0 Å². The van der Waals surface area contributed by atoms with E-state index in [-0.39, 0.29) is 11.4 Å². The zero-order valence-corrected chi connectivity index (χ0v) is 11.7. The molecule has 6 heteroatoms. The van der Waals surface area contributed by atoms with Crippen LogP contribution in [0.5, 0.6) is 5.75 Å². The largest absolute Gasteiger partial charge is 0.513 e. The van der Waals surface area contributed by atoms with Crippen molar-refractivity contribution in [1.29, 1.82) is 0 Å². The summed E-state index contributed by atoms with van der Waals surface area (Å²) in [6.45, 7) is 4.52. The van der Waals surface area contributed by atoms with Gasteiger partial charge in [0.15, 0.2) is 0 Å². The van der Waals surface area contributed by atoms with Crippen molar-refractivity contribution in [3.05, 3.63) is 34.4 Å². The van der Waals surface area contributed by atoms with Crippen LogP contribution in [0.2, 0.25) is 0 Å². The average molecular weight is 281 g/mol. The van der Waals surface area contributed by atoms with Crippen molar-refractivity contribution in [3.63, 3.8) is 0 Å². The summed E-state index contributed by atoms with van der Waals surface area (Å²) in [5.41, 5.74) is -0.0561. The van der Waals surface area contributed by atoms with Gasteiger partial charge in [0.25, 0.3) is 5.69 Å². The van der Waals surface area contributed by atoms with Crippen molar-refractivity contribution in [2.45, 2.75) is 33.1 Å². The number of rotatable bonds is 7. The van der Waals surface area contributed by atoms with Gasteiger partial charge in [-0.05, 0) is 24.5 Å². The first kappa shape index (κ1) is 15.9. The maximum absolute atomic E-state index is 11.4. The molecule has 0 fully saturated rings. The molecule has 110 valence electrons. The lowest BCUT2D eigenvalue weighted by atomic mass is 10.0. The number of ether oxygens (including phenoxy) is 2. The van der Waals surface area contributed by atoms with Crippen LogP contribution < -0.4 is 4.74 Å². The first-order valence-corrected chi connectivity index (χ1v) is 6.65. The summed E-state index contributed by atoms with van der Waals surface area (Å²) >= 11 is 0. The van der Waals surface area contributed by atoms with E-state index in [1.54, 1.807) is 0 Å². The lowest BCUT2D eigenvalue weighted by Gasteiger charge is -2.11. The second-order valence-electron chi connectivity index (χ2n) is 4.42. The van der Waals surface area contributed by atoms with Crippen molar-refractivity contribution >= 4 is 11.8 Å². The molecule has 0 N–H and O–H groups in total. The standard InChI is InChI=1S/C14H19NO5/c1-3-11(4-2)9-10-19-14(16)20-13-7-5-12(6-8-13)15(17)18/h5-8,11H,3-4,9-10H2,1-2H3. The summed E-state index contributed by atoms with van der Waals surface area (Å²) in [5.74, 6) is 0.769. The Balaban J connectivity index is 2.37. The molecule has 1 aromatic rings. The maximum Gasteiger partial charge on any atom is 0.513 e. The molecular formula is C14H19NO5. The van der Waals surface area contributed by atoms with Gasteiger partial charge in [-0.2, -0.15) is 0 Å². The van der Waals surface area contributed by atoms with E-state index in [4.69, 9.17) is 9.47 Å². The molecule has 0 heterocycles. The number of carbonyl (C=O) groups excluding carboxylic acids is 1. The molecule has 1 aromatic carbocycles. The highest BCUT2D eigenvalue weighted by Gasteiger charge is 2.10. The molecule has 0 aliphatic carbocycles. The Kier molecular flexibility index (Phi) is 6.49. The van der Waals surface area contributed by atoms with E-state index in [0.717, 1.165) is 19.3 Å².